The number of carbonyl (C=O) groups excluding carboxylic acids is 2. The topological polar surface area (TPSA) is 148 Å². The Hall–Kier alpha value is -4.15. The summed E-state index contributed by atoms with van der Waals surface area (Å²) in [6.07, 6.45) is 0. The summed E-state index contributed by atoms with van der Waals surface area (Å²) in [5.74, 6) is -0.0822. The number of ether oxygens (including phenoxy) is 1. The first-order valence-corrected chi connectivity index (χ1v) is 17.3. The van der Waals surface area contributed by atoms with Gasteiger partial charge in [-0.1, -0.05) is 47.4 Å². The number of fused-ring (bicyclic) bond motifs is 1. The van der Waals surface area contributed by atoms with Gasteiger partial charge in [0.25, 0.3) is 5.91 Å². The Labute approximate surface area is 267 Å². The normalized spacial score (nSPS) is 14.0. The van der Waals surface area contributed by atoms with E-state index < -0.39 is 15.9 Å². The fourth-order valence-electron chi connectivity index (χ4n) is 4.72. The van der Waals surface area contributed by atoms with Crippen molar-refractivity contribution in [2.45, 2.75) is 23.5 Å². The van der Waals surface area contributed by atoms with Gasteiger partial charge in [0.1, 0.15) is 0 Å². The Morgan fingerprint density at radius 1 is 1.00 bits per heavy atom. The van der Waals surface area contributed by atoms with Crippen LogP contribution in [-0.2, 0) is 26.1 Å². The second kappa shape index (κ2) is 13.5. The van der Waals surface area contributed by atoms with Crippen molar-refractivity contribution < 1.29 is 22.7 Å². The molecule has 0 saturated carbocycles. The molecule has 5 aromatic rings. The third kappa shape index (κ3) is 7.07. The summed E-state index contributed by atoms with van der Waals surface area (Å²) in [5.41, 5.74) is 2.94. The van der Waals surface area contributed by atoms with Gasteiger partial charge in [-0.2, -0.15) is 4.31 Å². The van der Waals surface area contributed by atoms with Crippen LogP contribution in [0.3, 0.4) is 0 Å². The lowest BCUT2D eigenvalue weighted by molar-refractivity contribution is -0.113. The van der Waals surface area contributed by atoms with Gasteiger partial charge in [0, 0.05) is 24.3 Å². The van der Waals surface area contributed by atoms with Gasteiger partial charge in [-0.25, -0.2) is 13.4 Å². The highest BCUT2D eigenvalue weighted by Gasteiger charge is 2.26. The molecule has 6 rings (SSSR count). The molecule has 45 heavy (non-hydrogen) atoms. The van der Waals surface area contributed by atoms with Gasteiger partial charge in [-0.05, 0) is 61.0 Å². The van der Waals surface area contributed by atoms with Crippen LogP contribution in [-0.4, -0.2) is 76.3 Å². The fourth-order valence-corrected chi connectivity index (χ4v) is 7.78. The predicted octanol–water partition coefficient (Wildman–Crippen LogP) is 3.87. The number of thiazole rings is 1. The SMILES string of the molecule is Cc1cccc(-n2c(CNC(=O)c3ccc(S(=O)(=O)N4CCOCC4)cc3)nnc2SCC(=O)Nc2nc3ccccc3s2)c1. The number of aryl methyl sites for hydroxylation is 1. The molecular formula is C30H29N7O5S3. The molecule has 2 amide bonds. The summed E-state index contributed by atoms with van der Waals surface area (Å²) in [4.78, 5) is 30.4. The second-order valence-electron chi connectivity index (χ2n) is 10.1. The van der Waals surface area contributed by atoms with E-state index in [9.17, 15) is 18.0 Å². The number of thioether (sulfide) groups is 1. The summed E-state index contributed by atoms with van der Waals surface area (Å²) >= 11 is 2.63. The van der Waals surface area contributed by atoms with Crippen LogP contribution in [0.25, 0.3) is 15.9 Å². The van der Waals surface area contributed by atoms with Gasteiger partial charge in [0.15, 0.2) is 16.1 Å². The van der Waals surface area contributed by atoms with Crippen molar-refractivity contribution in [2.75, 3.05) is 37.4 Å². The first kappa shape index (κ1) is 30.9. The summed E-state index contributed by atoms with van der Waals surface area (Å²) in [5, 5.41) is 15.4. The summed E-state index contributed by atoms with van der Waals surface area (Å²) < 4.78 is 35.3. The first-order chi connectivity index (χ1) is 21.8. The molecule has 1 aliphatic rings. The van der Waals surface area contributed by atoms with Gasteiger partial charge in [0.2, 0.25) is 15.9 Å². The molecule has 2 aromatic heterocycles. The van der Waals surface area contributed by atoms with Crippen LogP contribution >= 0.6 is 23.1 Å². The number of amides is 2. The third-order valence-electron chi connectivity index (χ3n) is 6.96. The molecule has 15 heteroatoms. The van der Waals surface area contributed by atoms with Crippen LogP contribution in [0.2, 0.25) is 0 Å². The lowest BCUT2D eigenvalue weighted by atomic mass is 10.2. The molecule has 232 valence electrons. The van der Waals surface area contributed by atoms with Crippen LogP contribution in [0, 0.1) is 6.92 Å². The molecule has 3 heterocycles. The zero-order valence-corrected chi connectivity index (χ0v) is 26.6. The minimum Gasteiger partial charge on any atom is -0.379 e. The van der Waals surface area contributed by atoms with Gasteiger partial charge in [-0.15, -0.1) is 10.2 Å². The van der Waals surface area contributed by atoms with Gasteiger partial charge < -0.3 is 15.4 Å². The molecule has 1 aliphatic heterocycles. The number of hydrogen-bond acceptors (Lipinski definition) is 10. The third-order valence-corrected chi connectivity index (χ3v) is 10.8. The average molecular weight is 664 g/mol. The number of rotatable bonds is 10. The minimum atomic E-state index is -3.67. The zero-order valence-electron chi connectivity index (χ0n) is 24.2. The molecule has 1 fully saturated rings. The van der Waals surface area contributed by atoms with Crippen molar-refractivity contribution in [2.24, 2.45) is 0 Å². The molecule has 0 unspecified atom stereocenters. The Morgan fingerprint density at radius 2 is 1.78 bits per heavy atom. The zero-order chi connectivity index (χ0) is 31.4. The van der Waals surface area contributed by atoms with Crippen LogP contribution in [0.5, 0.6) is 0 Å². The summed E-state index contributed by atoms with van der Waals surface area (Å²) in [7, 11) is -3.67. The number of aromatic nitrogens is 4. The maximum absolute atomic E-state index is 13.0. The lowest BCUT2D eigenvalue weighted by Crippen LogP contribution is -2.40. The maximum Gasteiger partial charge on any atom is 0.251 e. The fraction of sp³-hybridized carbons (Fsp3) is 0.233. The Kier molecular flexibility index (Phi) is 9.23. The molecule has 0 bridgehead atoms. The minimum absolute atomic E-state index is 0.0477. The van der Waals surface area contributed by atoms with E-state index in [4.69, 9.17) is 4.74 Å². The first-order valence-electron chi connectivity index (χ1n) is 14.0. The van der Waals surface area contributed by atoms with Crippen LogP contribution in [0.15, 0.2) is 82.8 Å². The molecule has 0 aliphatic carbocycles. The van der Waals surface area contributed by atoms with E-state index in [2.05, 4.69) is 25.8 Å². The van der Waals surface area contributed by atoms with Crippen molar-refractivity contribution in [1.29, 1.82) is 0 Å². The largest absolute Gasteiger partial charge is 0.379 e. The molecule has 12 nitrogen and oxygen atoms in total. The van der Waals surface area contributed by atoms with E-state index in [-0.39, 0.29) is 23.1 Å². The molecule has 2 N–H and O–H groups in total. The van der Waals surface area contributed by atoms with Crippen molar-refractivity contribution in [3.05, 3.63) is 89.7 Å². The molecule has 0 radical (unpaired) electrons. The van der Waals surface area contributed by atoms with E-state index in [1.54, 1.807) is 4.57 Å². The van der Waals surface area contributed by atoms with Gasteiger partial charge in [-0.3, -0.25) is 14.2 Å². The number of carbonyl (C=O) groups is 2. The number of morpholine rings is 1. The van der Waals surface area contributed by atoms with E-state index in [0.29, 0.717) is 48.0 Å². The Morgan fingerprint density at radius 3 is 2.53 bits per heavy atom. The number of sulfonamides is 1. The van der Waals surface area contributed by atoms with Crippen molar-refractivity contribution in [3.63, 3.8) is 0 Å². The molecule has 1 saturated heterocycles. The van der Waals surface area contributed by atoms with E-state index in [1.807, 2.05) is 55.5 Å². The number of benzene rings is 3. The van der Waals surface area contributed by atoms with Crippen LogP contribution in [0.1, 0.15) is 21.7 Å². The highest BCUT2D eigenvalue weighted by Crippen LogP contribution is 2.27. The van der Waals surface area contributed by atoms with E-state index in [0.717, 1.165) is 21.5 Å². The molecule has 3 aromatic carbocycles. The van der Waals surface area contributed by atoms with Crippen LogP contribution in [0.4, 0.5) is 5.13 Å². The highest BCUT2D eigenvalue weighted by molar-refractivity contribution is 7.99. The smallest absolute Gasteiger partial charge is 0.251 e. The highest BCUT2D eigenvalue weighted by atomic mass is 32.2. The van der Waals surface area contributed by atoms with Gasteiger partial charge >= 0.3 is 0 Å². The number of hydrogen-bond donors (Lipinski definition) is 2. The standard InChI is InChI=1S/C30H29N7O5S3/c1-20-5-4-6-22(17-20)37-26(34-35-30(37)43-19-27(38)33-29-32-24-7-2-3-8-25(24)44-29)18-31-28(39)21-9-11-23(12-10-21)45(40,41)36-13-15-42-16-14-36/h2-12,17H,13-16,18-19H2,1H3,(H,31,39)(H,32,33,38). The monoisotopic (exact) mass is 663 g/mol. The number of nitrogens with zero attached hydrogens (tertiary/aromatic N) is 5. The summed E-state index contributed by atoms with van der Waals surface area (Å²) in [6.45, 7) is 3.30. The average Bonchev–Trinajstić information content (AvgIpc) is 3.66. The van der Waals surface area contributed by atoms with E-state index >= 15 is 0 Å². The van der Waals surface area contributed by atoms with Gasteiger partial charge in [0.05, 0.1) is 40.6 Å². The molecule has 0 atom stereocenters. The molecular weight excluding hydrogens is 635 g/mol. The Bertz CT molecular complexity index is 1920. The lowest BCUT2D eigenvalue weighted by Gasteiger charge is -2.26. The Balaban J connectivity index is 1.14. The van der Waals surface area contributed by atoms with Crippen LogP contribution < -0.4 is 10.6 Å². The number of para-hydroxylation sites is 1. The quantitative estimate of drug-likeness (QED) is 0.213. The van der Waals surface area contributed by atoms with Crippen molar-refractivity contribution in [3.8, 4) is 5.69 Å². The number of anilines is 1. The van der Waals surface area contributed by atoms with E-state index in [1.165, 1.54) is 51.7 Å². The second-order valence-corrected chi connectivity index (χ2v) is 14.0. The van der Waals surface area contributed by atoms with Crippen molar-refractivity contribution >= 4 is 60.3 Å². The maximum atomic E-state index is 13.0. The number of nitrogens with one attached hydrogen (secondary N) is 2. The predicted molar refractivity (Wildman–Crippen MR) is 172 cm³/mol. The summed E-state index contributed by atoms with van der Waals surface area (Å²) in [6, 6.07) is 21.3. The van der Waals surface area contributed by atoms with Crippen molar-refractivity contribution in [1.82, 2.24) is 29.4 Å². The molecule has 0 spiro atoms.